The zero-order valence-corrected chi connectivity index (χ0v) is 8.28. The van der Waals surface area contributed by atoms with Gasteiger partial charge in [-0.3, -0.25) is 0 Å². The summed E-state index contributed by atoms with van der Waals surface area (Å²) in [5, 5.41) is 27.7. The third kappa shape index (κ3) is 4.70. The fraction of sp³-hybridized carbons (Fsp3) is 1.00. The van der Waals surface area contributed by atoms with Crippen LogP contribution in [0.2, 0.25) is 0 Å². The molecule has 0 rings (SSSR count). The average Bonchev–Trinajstić information content (AvgIpc) is 1.82. The summed E-state index contributed by atoms with van der Waals surface area (Å²) in [6.45, 7) is 7.40. The Kier molecular flexibility index (Phi) is 4.17. The minimum absolute atomic E-state index is 0.0325. The van der Waals surface area contributed by atoms with Gasteiger partial charge in [0.2, 0.25) is 0 Å². The first-order valence-corrected chi connectivity index (χ1v) is 4.28. The van der Waals surface area contributed by atoms with E-state index in [2.05, 4.69) is 0 Å². The van der Waals surface area contributed by atoms with Gasteiger partial charge in [0.1, 0.15) is 6.10 Å². The molecule has 0 aromatic carbocycles. The molecule has 0 bridgehead atoms. The summed E-state index contributed by atoms with van der Waals surface area (Å²) in [4.78, 5) is 0. The van der Waals surface area contributed by atoms with E-state index in [0.717, 1.165) is 0 Å². The lowest BCUT2D eigenvalue weighted by Gasteiger charge is -2.26. The van der Waals surface area contributed by atoms with Crippen LogP contribution in [0.1, 0.15) is 34.1 Å². The van der Waals surface area contributed by atoms with Crippen molar-refractivity contribution in [1.29, 1.82) is 0 Å². The zero-order chi connectivity index (χ0) is 9.94. The Balaban J connectivity index is 3.95. The lowest BCUT2D eigenvalue weighted by molar-refractivity contribution is -0.0644. The Morgan fingerprint density at radius 2 is 1.50 bits per heavy atom. The van der Waals surface area contributed by atoms with Gasteiger partial charge in [-0.05, 0) is 18.8 Å². The summed E-state index contributed by atoms with van der Waals surface area (Å²) in [6.07, 6.45) is -2.27. The van der Waals surface area contributed by atoms with Gasteiger partial charge < -0.3 is 15.3 Å². The van der Waals surface area contributed by atoms with Crippen molar-refractivity contribution >= 4 is 0 Å². The van der Waals surface area contributed by atoms with Crippen molar-refractivity contribution in [2.75, 3.05) is 0 Å². The highest BCUT2D eigenvalue weighted by atomic mass is 16.4. The van der Waals surface area contributed by atoms with E-state index in [0.29, 0.717) is 6.42 Å². The lowest BCUT2D eigenvalue weighted by atomic mass is 9.87. The molecule has 0 aromatic heterocycles. The molecule has 3 N–H and O–H groups in total. The molecule has 3 atom stereocenters. The minimum atomic E-state index is -1.04. The quantitative estimate of drug-likeness (QED) is 0.587. The van der Waals surface area contributed by atoms with Crippen LogP contribution in [0.15, 0.2) is 0 Å². The molecule has 74 valence electrons. The van der Waals surface area contributed by atoms with Gasteiger partial charge >= 0.3 is 0 Å². The van der Waals surface area contributed by atoms with Crippen molar-refractivity contribution < 1.29 is 15.3 Å². The van der Waals surface area contributed by atoms with Crippen LogP contribution in [0, 0.1) is 5.41 Å². The minimum Gasteiger partial charge on any atom is -0.391 e. The van der Waals surface area contributed by atoms with Gasteiger partial charge in [0.05, 0.1) is 12.2 Å². The summed E-state index contributed by atoms with van der Waals surface area (Å²) in [7, 11) is 0. The topological polar surface area (TPSA) is 60.7 Å². The molecule has 0 spiro atoms. The van der Waals surface area contributed by atoms with E-state index >= 15 is 0 Å². The Morgan fingerprint density at radius 1 is 1.08 bits per heavy atom. The molecular weight excluding hydrogens is 156 g/mol. The summed E-state index contributed by atoms with van der Waals surface area (Å²) < 4.78 is 0. The van der Waals surface area contributed by atoms with Crippen LogP contribution in [0.5, 0.6) is 0 Å². The van der Waals surface area contributed by atoms with Crippen LogP contribution in [-0.2, 0) is 0 Å². The van der Waals surface area contributed by atoms with Gasteiger partial charge in [-0.2, -0.15) is 0 Å². The van der Waals surface area contributed by atoms with Crippen molar-refractivity contribution in [3.63, 3.8) is 0 Å². The fourth-order valence-electron chi connectivity index (χ4n) is 1.07. The first-order valence-electron chi connectivity index (χ1n) is 4.28. The summed E-state index contributed by atoms with van der Waals surface area (Å²) in [5.74, 6) is 0. The van der Waals surface area contributed by atoms with E-state index in [1.54, 1.807) is 0 Å². The Labute approximate surface area is 74.0 Å². The molecule has 0 aliphatic carbocycles. The first kappa shape index (κ1) is 11.9. The number of rotatable bonds is 3. The molecule has 0 amide bonds. The van der Waals surface area contributed by atoms with E-state index in [1.165, 1.54) is 6.92 Å². The van der Waals surface area contributed by atoms with E-state index in [4.69, 9.17) is 5.11 Å². The van der Waals surface area contributed by atoms with Crippen molar-refractivity contribution in [1.82, 2.24) is 0 Å². The smallest absolute Gasteiger partial charge is 0.105 e. The largest absolute Gasteiger partial charge is 0.391 e. The summed E-state index contributed by atoms with van der Waals surface area (Å²) in [6, 6.07) is 0. The second kappa shape index (κ2) is 4.21. The molecule has 0 aromatic rings. The van der Waals surface area contributed by atoms with E-state index in [9.17, 15) is 10.2 Å². The maximum absolute atomic E-state index is 9.41. The number of aliphatic hydroxyl groups excluding tert-OH is 3. The molecule has 0 heterocycles. The maximum atomic E-state index is 9.41. The highest BCUT2D eigenvalue weighted by molar-refractivity contribution is 4.77. The second-order valence-electron chi connectivity index (χ2n) is 4.56. The lowest BCUT2D eigenvalue weighted by Crippen LogP contribution is -2.37. The third-order valence-corrected chi connectivity index (χ3v) is 1.71. The van der Waals surface area contributed by atoms with E-state index in [1.807, 2.05) is 20.8 Å². The Hall–Kier alpha value is -0.120. The van der Waals surface area contributed by atoms with Gasteiger partial charge in [0.25, 0.3) is 0 Å². The molecule has 12 heavy (non-hydrogen) atoms. The van der Waals surface area contributed by atoms with Gasteiger partial charge in [0, 0.05) is 0 Å². The average molecular weight is 176 g/mol. The molecule has 0 aliphatic rings. The van der Waals surface area contributed by atoms with Crippen LogP contribution >= 0.6 is 0 Å². The van der Waals surface area contributed by atoms with Gasteiger partial charge in [0.15, 0.2) is 0 Å². The van der Waals surface area contributed by atoms with Crippen molar-refractivity contribution in [3.8, 4) is 0 Å². The van der Waals surface area contributed by atoms with Crippen LogP contribution in [0.3, 0.4) is 0 Å². The third-order valence-electron chi connectivity index (χ3n) is 1.71. The molecule has 0 saturated carbocycles. The zero-order valence-electron chi connectivity index (χ0n) is 8.28. The molecule has 0 radical (unpaired) electrons. The van der Waals surface area contributed by atoms with Crippen LogP contribution in [-0.4, -0.2) is 33.6 Å². The predicted octanol–water partition coefficient (Wildman–Crippen LogP) is 0.525. The molecule has 0 saturated heterocycles. The Bertz CT molecular complexity index is 126. The van der Waals surface area contributed by atoms with Crippen LogP contribution < -0.4 is 0 Å². The van der Waals surface area contributed by atoms with Crippen molar-refractivity contribution in [2.45, 2.75) is 52.4 Å². The van der Waals surface area contributed by atoms with Gasteiger partial charge in [-0.25, -0.2) is 0 Å². The Morgan fingerprint density at radius 3 is 1.75 bits per heavy atom. The van der Waals surface area contributed by atoms with Crippen molar-refractivity contribution in [3.05, 3.63) is 0 Å². The standard InChI is InChI=1S/C9H20O3/c1-6(10)8(12)7(11)5-9(2,3)4/h6-8,10-12H,5H2,1-4H3/t6-,7-,8-/m0/s1. The molecular formula is C9H20O3. The summed E-state index contributed by atoms with van der Waals surface area (Å²) >= 11 is 0. The van der Waals surface area contributed by atoms with E-state index in [-0.39, 0.29) is 5.41 Å². The normalized spacial score (nSPS) is 20.2. The SMILES string of the molecule is C[C@H](O)[C@H](O)[C@@H](O)CC(C)(C)C. The fourth-order valence-corrected chi connectivity index (χ4v) is 1.07. The molecule has 0 fully saturated rings. The molecule has 3 nitrogen and oxygen atoms in total. The molecule has 0 aliphatic heterocycles. The van der Waals surface area contributed by atoms with E-state index < -0.39 is 18.3 Å². The van der Waals surface area contributed by atoms with Gasteiger partial charge in [-0.1, -0.05) is 20.8 Å². The number of aliphatic hydroxyl groups is 3. The number of hydrogen-bond donors (Lipinski definition) is 3. The number of hydrogen-bond acceptors (Lipinski definition) is 3. The second-order valence-corrected chi connectivity index (χ2v) is 4.56. The highest BCUT2D eigenvalue weighted by Crippen LogP contribution is 2.22. The summed E-state index contributed by atoms with van der Waals surface area (Å²) in [5.41, 5.74) is -0.0325. The van der Waals surface area contributed by atoms with Crippen LogP contribution in [0.25, 0.3) is 0 Å². The van der Waals surface area contributed by atoms with Crippen molar-refractivity contribution in [2.24, 2.45) is 5.41 Å². The first-order chi connectivity index (χ1) is 5.24. The van der Waals surface area contributed by atoms with Gasteiger partial charge in [-0.15, -0.1) is 0 Å². The van der Waals surface area contributed by atoms with Crippen LogP contribution in [0.4, 0.5) is 0 Å². The highest BCUT2D eigenvalue weighted by Gasteiger charge is 2.25. The predicted molar refractivity (Wildman–Crippen MR) is 47.8 cm³/mol. The maximum Gasteiger partial charge on any atom is 0.105 e. The monoisotopic (exact) mass is 176 g/mol. The molecule has 0 unspecified atom stereocenters. The molecule has 3 heteroatoms.